The fourth-order valence-corrected chi connectivity index (χ4v) is 3.22. The van der Waals surface area contributed by atoms with E-state index < -0.39 is 0 Å². The van der Waals surface area contributed by atoms with Crippen molar-refractivity contribution in [1.82, 2.24) is 4.90 Å². The van der Waals surface area contributed by atoms with Gasteiger partial charge in [0.05, 0.1) is 0 Å². The van der Waals surface area contributed by atoms with Gasteiger partial charge in [-0.3, -0.25) is 0 Å². The van der Waals surface area contributed by atoms with E-state index in [0.29, 0.717) is 0 Å². The van der Waals surface area contributed by atoms with E-state index in [1.807, 2.05) is 0 Å². The molecule has 1 aliphatic rings. The number of hydrogen-bond donors (Lipinski definition) is 1. The van der Waals surface area contributed by atoms with E-state index in [1.165, 1.54) is 32.2 Å². The first-order valence-electron chi connectivity index (χ1n) is 6.85. The lowest BCUT2D eigenvalue weighted by molar-refractivity contribution is 0.142. The van der Waals surface area contributed by atoms with E-state index in [9.17, 15) is 0 Å². The third-order valence-electron chi connectivity index (χ3n) is 4.31. The minimum absolute atomic E-state index is 0.743. The van der Waals surface area contributed by atoms with Gasteiger partial charge >= 0.3 is 0 Å². The summed E-state index contributed by atoms with van der Waals surface area (Å²) in [5.41, 5.74) is 0. The van der Waals surface area contributed by atoms with Gasteiger partial charge in [0.15, 0.2) is 0 Å². The largest absolute Gasteiger partial charge is 0.303 e. The summed E-state index contributed by atoms with van der Waals surface area (Å²) in [7, 11) is 2.31. The first-order valence-corrected chi connectivity index (χ1v) is 7.49. The molecule has 0 aliphatic heterocycles. The first-order chi connectivity index (χ1) is 7.54. The van der Waals surface area contributed by atoms with Gasteiger partial charge in [-0.2, -0.15) is 12.6 Å². The van der Waals surface area contributed by atoms with Crippen LogP contribution in [0.5, 0.6) is 0 Å². The molecule has 1 aliphatic carbocycles. The van der Waals surface area contributed by atoms with Crippen LogP contribution >= 0.6 is 12.6 Å². The Morgan fingerprint density at radius 2 is 1.75 bits per heavy atom. The normalized spacial score (nSPS) is 28.7. The first kappa shape index (κ1) is 14.4. The van der Waals surface area contributed by atoms with Gasteiger partial charge in [-0.25, -0.2) is 0 Å². The van der Waals surface area contributed by atoms with E-state index in [0.717, 1.165) is 29.5 Å². The predicted octanol–water partition coefficient (Wildman–Crippen LogP) is 3.70. The molecule has 1 fully saturated rings. The Bertz CT molecular complexity index is 185. The van der Waals surface area contributed by atoms with Gasteiger partial charge in [-0.05, 0) is 56.2 Å². The summed E-state index contributed by atoms with van der Waals surface area (Å²) in [6, 6.07) is 0.831. The summed E-state index contributed by atoms with van der Waals surface area (Å²) < 4.78 is 0. The monoisotopic (exact) mass is 243 g/mol. The molecule has 1 saturated carbocycles. The molecule has 0 aromatic carbocycles. The van der Waals surface area contributed by atoms with Crippen LogP contribution in [0.3, 0.4) is 0 Å². The molecule has 16 heavy (non-hydrogen) atoms. The highest BCUT2D eigenvalue weighted by Crippen LogP contribution is 2.27. The Kier molecular flexibility index (Phi) is 6.20. The van der Waals surface area contributed by atoms with Crippen molar-refractivity contribution in [3.05, 3.63) is 0 Å². The average Bonchev–Trinajstić information content (AvgIpc) is 2.26. The molecule has 96 valence electrons. The van der Waals surface area contributed by atoms with Crippen molar-refractivity contribution in [2.45, 2.75) is 52.5 Å². The van der Waals surface area contributed by atoms with E-state index >= 15 is 0 Å². The SMILES string of the molecule is CC1CCC(N(C)CC(CS)C(C)C)CC1. The molecule has 0 spiro atoms. The van der Waals surface area contributed by atoms with Gasteiger partial charge in [0.2, 0.25) is 0 Å². The molecule has 1 nitrogen and oxygen atoms in total. The Hall–Kier alpha value is 0.310. The summed E-state index contributed by atoms with van der Waals surface area (Å²) in [6.07, 6.45) is 5.63. The van der Waals surface area contributed by atoms with Gasteiger partial charge in [0.25, 0.3) is 0 Å². The highest BCUT2D eigenvalue weighted by Gasteiger charge is 2.24. The van der Waals surface area contributed by atoms with Crippen LogP contribution in [0.15, 0.2) is 0 Å². The van der Waals surface area contributed by atoms with E-state index in [4.69, 9.17) is 0 Å². The number of thiol groups is 1. The maximum atomic E-state index is 4.48. The lowest BCUT2D eigenvalue weighted by Crippen LogP contribution is -2.39. The summed E-state index contributed by atoms with van der Waals surface area (Å²) in [6.45, 7) is 8.25. The maximum Gasteiger partial charge on any atom is 0.00925 e. The lowest BCUT2D eigenvalue weighted by Gasteiger charge is -2.36. The Labute approximate surface area is 107 Å². The Balaban J connectivity index is 2.36. The topological polar surface area (TPSA) is 3.24 Å². The highest BCUT2D eigenvalue weighted by molar-refractivity contribution is 7.80. The predicted molar refractivity (Wildman–Crippen MR) is 76.2 cm³/mol. The fraction of sp³-hybridized carbons (Fsp3) is 1.00. The number of rotatable bonds is 5. The van der Waals surface area contributed by atoms with Crippen LogP contribution in [-0.2, 0) is 0 Å². The molecular weight excluding hydrogens is 214 g/mol. The molecule has 0 aromatic heterocycles. The summed E-state index contributed by atoms with van der Waals surface area (Å²) in [4.78, 5) is 2.59. The molecular formula is C14H29NS. The third kappa shape index (κ3) is 4.29. The minimum atomic E-state index is 0.743. The van der Waals surface area contributed by atoms with Crippen LogP contribution in [0.4, 0.5) is 0 Å². The second-order valence-corrected chi connectivity index (χ2v) is 6.41. The van der Waals surface area contributed by atoms with Crippen molar-refractivity contribution in [2.24, 2.45) is 17.8 Å². The van der Waals surface area contributed by atoms with Crippen LogP contribution in [0.25, 0.3) is 0 Å². The zero-order valence-corrected chi connectivity index (χ0v) is 12.3. The van der Waals surface area contributed by atoms with Crippen molar-refractivity contribution >= 4 is 12.6 Å². The summed E-state index contributed by atoms with van der Waals surface area (Å²) >= 11 is 4.48. The molecule has 0 N–H and O–H groups in total. The van der Waals surface area contributed by atoms with Gasteiger partial charge < -0.3 is 4.90 Å². The van der Waals surface area contributed by atoms with Crippen molar-refractivity contribution in [3.8, 4) is 0 Å². The number of hydrogen-bond acceptors (Lipinski definition) is 2. The minimum Gasteiger partial charge on any atom is -0.303 e. The fourth-order valence-electron chi connectivity index (χ4n) is 2.68. The molecule has 1 unspecified atom stereocenters. The second kappa shape index (κ2) is 6.90. The molecule has 0 amide bonds. The van der Waals surface area contributed by atoms with E-state index in [-0.39, 0.29) is 0 Å². The van der Waals surface area contributed by atoms with Crippen LogP contribution < -0.4 is 0 Å². The van der Waals surface area contributed by atoms with Crippen molar-refractivity contribution < 1.29 is 0 Å². The van der Waals surface area contributed by atoms with Crippen LogP contribution in [0.2, 0.25) is 0 Å². The van der Waals surface area contributed by atoms with Crippen LogP contribution in [0.1, 0.15) is 46.5 Å². The third-order valence-corrected chi connectivity index (χ3v) is 4.78. The molecule has 2 heteroatoms. The quantitative estimate of drug-likeness (QED) is 0.721. The zero-order valence-electron chi connectivity index (χ0n) is 11.4. The average molecular weight is 243 g/mol. The molecule has 0 aromatic rings. The molecule has 0 saturated heterocycles. The van der Waals surface area contributed by atoms with Crippen molar-refractivity contribution in [3.63, 3.8) is 0 Å². The van der Waals surface area contributed by atoms with Gasteiger partial charge in [0, 0.05) is 12.6 Å². The van der Waals surface area contributed by atoms with Crippen LogP contribution in [-0.4, -0.2) is 30.3 Å². The van der Waals surface area contributed by atoms with E-state index in [2.05, 4.69) is 45.3 Å². The molecule has 1 atom stereocenters. The Morgan fingerprint density at radius 1 is 1.19 bits per heavy atom. The molecule has 1 rings (SSSR count). The van der Waals surface area contributed by atoms with Gasteiger partial charge in [-0.15, -0.1) is 0 Å². The second-order valence-electron chi connectivity index (χ2n) is 6.04. The zero-order chi connectivity index (χ0) is 12.1. The van der Waals surface area contributed by atoms with Gasteiger partial charge in [0.1, 0.15) is 0 Å². The Morgan fingerprint density at radius 3 is 2.19 bits per heavy atom. The van der Waals surface area contributed by atoms with E-state index in [1.54, 1.807) is 0 Å². The smallest absolute Gasteiger partial charge is 0.00925 e. The van der Waals surface area contributed by atoms with Gasteiger partial charge in [-0.1, -0.05) is 20.8 Å². The standard InChI is InChI=1S/C14H29NS/c1-11(2)13(10-16)9-15(4)14-7-5-12(3)6-8-14/h11-14,16H,5-10H2,1-4H3. The highest BCUT2D eigenvalue weighted by atomic mass is 32.1. The van der Waals surface area contributed by atoms with Crippen molar-refractivity contribution in [1.29, 1.82) is 0 Å². The lowest BCUT2D eigenvalue weighted by atomic mass is 9.86. The van der Waals surface area contributed by atoms with Crippen LogP contribution in [0, 0.1) is 17.8 Å². The molecule has 0 bridgehead atoms. The summed E-state index contributed by atoms with van der Waals surface area (Å²) in [5, 5.41) is 0. The summed E-state index contributed by atoms with van der Waals surface area (Å²) in [5.74, 6) is 3.47. The maximum absolute atomic E-state index is 4.48. The molecule has 0 heterocycles. The molecule has 0 radical (unpaired) electrons. The van der Waals surface area contributed by atoms with Crippen molar-refractivity contribution in [2.75, 3.05) is 19.3 Å². The number of nitrogens with zero attached hydrogens (tertiary/aromatic N) is 1.